The third-order valence-electron chi connectivity index (χ3n) is 4.29. The molecule has 0 bridgehead atoms. The van der Waals surface area contributed by atoms with E-state index >= 15 is 0 Å². The molecule has 2 aliphatic rings. The Kier molecular flexibility index (Phi) is 4.52. The minimum absolute atomic E-state index is 0.0341. The average molecular weight is 329 g/mol. The molecule has 23 heavy (non-hydrogen) atoms. The van der Waals surface area contributed by atoms with E-state index in [1.807, 2.05) is 31.2 Å². The molecule has 120 valence electrons. The number of nitrogens with zero attached hydrogens (tertiary/aromatic N) is 3. The van der Waals surface area contributed by atoms with Crippen LogP contribution in [0.15, 0.2) is 29.4 Å². The maximum atomic E-state index is 12.3. The van der Waals surface area contributed by atoms with Gasteiger partial charge >= 0.3 is 11.8 Å². The van der Waals surface area contributed by atoms with Crippen LogP contribution in [0.5, 0.6) is 0 Å². The topological polar surface area (TPSA) is 53.0 Å². The Morgan fingerprint density at radius 1 is 1.17 bits per heavy atom. The summed E-state index contributed by atoms with van der Waals surface area (Å²) in [6, 6.07) is 7.78. The molecule has 0 atom stereocenters. The zero-order valence-electron chi connectivity index (χ0n) is 13.1. The zero-order chi connectivity index (χ0) is 16.4. The largest absolute Gasteiger partial charge is 0.339 e. The Balaban J connectivity index is 1.79. The summed E-state index contributed by atoms with van der Waals surface area (Å²) in [5.74, 6) is -1.22. The molecule has 1 aromatic rings. The van der Waals surface area contributed by atoms with E-state index in [1.165, 1.54) is 11.3 Å². The van der Waals surface area contributed by atoms with E-state index in [0.29, 0.717) is 0 Å². The van der Waals surface area contributed by atoms with Crippen LogP contribution in [-0.4, -0.2) is 39.1 Å². The van der Waals surface area contributed by atoms with Gasteiger partial charge in [-0.05, 0) is 37.5 Å². The maximum absolute atomic E-state index is 12.3. The first-order chi connectivity index (χ1) is 11.1. The average Bonchev–Trinajstić information content (AvgIpc) is 2.76. The number of hydrazone groups is 1. The Morgan fingerprint density at radius 3 is 2.61 bits per heavy atom. The normalized spacial score (nSPS) is 20.1. The molecule has 0 N–H and O–H groups in total. The van der Waals surface area contributed by atoms with E-state index in [2.05, 4.69) is 5.10 Å². The predicted octanol–water partition coefficient (Wildman–Crippen LogP) is 2.62. The fourth-order valence-electron chi connectivity index (χ4n) is 3.11. The molecule has 1 saturated heterocycles. The summed E-state index contributed by atoms with van der Waals surface area (Å²) < 4.78 is 0. The highest BCUT2D eigenvalue weighted by Crippen LogP contribution is 2.27. The number of rotatable bonds is 3. The molecule has 5 nitrogen and oxygen atoms in total. The van der Waals surface area contributed by atoms with E-state index in [0.717, 1.165) is 41.8 Å². The van der Waals surface area contributed by atoms with Crippen molar-refractivity contribution in [2.75, 3.05) is 0 Å². The summed E-state index contributed by atoms with van der Waals surface area (Å²) in [6.45, 7) is 1.98. The number of thiocarbonyl (C=S) groups is 1. The van der Waals surface area contributed by atoms with Crippen molar-refractivity contribution in [3.05, 3.63) is 35.4 Å². The van der Waals surface area contributed by atoms with Crippen molar-refractivity contribution in [1.82, 2.24) is 9.91 Å². The molecule has 0 spiro atoms. The molecular formula is C17H19N3O2S. The molecule has 1 aliphatic carbocycles. The summed E-state index contributed by atoms with van der Waals surface area (Å²) >= 11 is 5.33. The zero-order valence-corrected chi connectivity index (χ0v) is 13.9. The number of amides is 2. The molecule has 1 aliphatic heterocycles. The van der Waals surface area contributed by atoms with Crippen molar-refractivity contribution in [2.45, 2.75) is 45.1 Å². The third-order valence-corrected chi connectivity index (χ3v) is 4.66. The number of carbonyl (C=O) groups excluding carboxylic acids is 2. The van der Waals surface area contributed by atoms with Gasteiger partial charge in [-0.3, -0.25) is 14.5 Å². The summed E-state index contributed by atoms with van der Waals surface area (Å²) in [7, 11) is 0. The van der Waals surface area contributed by atoms with Crippen molar-refractivity contribution in [3.8, 4) is 0 Å². The van der Waals surface area contributed by atoms with Gasteiger partial charge in [-0.15, -0.1) is 0 Å². The standard InChI is InChI=1S/C17H19N3O2S/c1-12-6-5-7-13(10-12)11-18-20-16(22)15(21)19(17(20)23)14-8-3-2-4-9-14/h5-7,10-11,14H,2-4,8-9H2,1H3/b18-11+. The number of carbonyl (C=O) groups is 2. The molecule has 1 aromatic carbocycles. The van der Waals surface area contributed by atoms with Gasteiger partial charge in [0.2, 0.25) is 5.11 Å². The van der Waals surface area contributed by atoms with Crippen molar-refractivity contribution >= 4 is 35.4 Å². The van der Waals surface area contributed by atoms with Crippen molar-refractivity contribution in [2.24, 2.45) is 5.10 Å². The predicted molar refractivity (Wildman–Crippen MR) is 91.9 cm³/mol. The van der Waals surface area contributed by atoms with Gasteiger partial charge in [-0.25, -0.2) is 0 Å². The second kappa shape index (κ2) is 6.58. The molecule has 0 radical (unpaired) electrons. The quantitative estimate of drug-likeness (QED) is 0.487. The van der Waals surface area contributed by atoms with Gasteiger partial charge in [0.05, 0.1) is 6.21 Å². The lowest BCUT2D eigenvalue weighted by Gasteiger charge is -2.29. The second-order valence-electron chi connectivity index (χ2n) is 6.03. The molecule has 0 aromatic heterocycles. The maximum Gasteiger partial charge on any atom is 0.339 e. The Bertz CT molecular complexity index is 680. The molecule has 6 heteroatoms. The highest BCUT2D eigenvalue weighted by molar-refractivity contribution is 7.80. The van der Waals surface area contributed by atoms with E-state index in [4.69, 9.17) is 12.2 Å². The summed E-state index contributed by atoms with van der Waals surface area (Å²) in [6.07, 6.45) is 6.67. The number of hydrogen-bond donors (Lipinski definition) is 0. The SMILES string of the molecule is Cc1cccc(/C=N/N2C(=O)C(=O)N(C3CCCCC3)C2=S)c1. The van der Waals surface area contributed by atoms with Gasteiger partial charge in [-0.2, -0.15) is 10.1 Å². The van der Waals surface area contributed by atoms with Crippen LogP contribution in [0.4, 0.5) is 0 Å². The van der Waals surface area contributed by atoms with Gasteiger partial charge in [0, 0.05) is 6.04 Å². The minimum atomic E-state index is -0.663. The van der Waals surface area contributed by atoms with Crippen molar-refractivity contribution in [3.63, 3.8) is 0 Å². The highest BCUT2D eigenvalue weighted by atomic mass is 32.1. The monoisotopic (exact) mass is 329 g/mol. The Labute approximate surface area is 141 Å². The lowest BCUT2D eigenvalue weighted by Crippen LogP contribution is -2.41. The molecule has 2 amide bonds. The van der Waals surface area contributed by atoms with Crippen LogP contribution in [0, 0.1) is 6.92 Å². The van der Waals surface area contributed by atoms with Crippen LogP contribution in [0.2, 0.25) is 0 Å². The smallest absolute Gasteiger partial charge is 0.276 e. The molecule has 0 unspecified atom stereocenters. The van der Waals surface area contributed by atoms with Crippen LogP contribution < -0.4 is 0 Å². The summed E-state index contributed by atoms with van der Waals surface area (Å²) in [5.41, 5.74) is 1.97. The van der Waals surface area contributed by atoms with Gasteiger partial charge in [0.25, 0.3) is 0 Å². The fourth-order valence-corrected chi connectivity index (χ4v) is 3.47. The van der Waals surface area contributed by atoms with Gasteiger partial charge in [0.15, 0.2) is 0 Å². The lowest BCUT2D eigenvalue weighted by molar-refractivity contribution is -0.144. The number of hydrogen-bond acceptors (Lipinski definition) is 4. The van der Waals surface area contributed by atoms with E-state index < -0.39 is 11.8 Å². The third kappa shape index (κ3) is 3.17. The second-order valence-corrected chi connectivity index (χ2v) is 6.39. The molecule has 2 fully saturated rings. The van der Waals surface area contributed by atoms with Crippen LogP contribution in [0.3, 0.4) is 0 Å². The van der Waals surface area contributed by atoms with E-state index in [9.17, 15) is 9.59 Å². The molecular weight excluding hydrogens is 310 g/mol. The first kappa shape index (κ1) is 15.8. The summed E-state index contributed by atoms with van der Waals surface area (Å²) in [4.78, 5) is 25.9. The number of benzene rings is 1. The van der Waals surface area contributed by atoms with Crippen LogP contribution in [0.25, 0.3) is 0 Å². The van der Waals surface area contributed by atoms with Gasteiger partial charge in [-0.1, -0.05) is 49.1 Å². The van der Waals surface area contributed by atoms with Gasteiger partial charge < -0.3 is 0 Å². The first-order valence-corrected chi connectivity index (χ1v) is 8.31. The van der Waals surface area contributed by atoms with Gasteiger partial charge in [0.1, 0.15) is 0 Å². The van der Waals surface area contributed by atoms with E-state index in [-0.39, 0.29) is 11.2 Å². The fraction of sp³-hybridized carbons (Fsp3) is 0.412. The van der Waals surface area contributed by atoms with Crippen molar-refractivity contribution < 1.29 is 9.59 Å². The van der Waals surface area contributed by atoms with Crippen LogP contribution >= 0.6 is 12.2 Å². The van der Waals surface area contributed by atoms with Crippen LogP contribution in [0.1, 0.15) is 43.2 Å². The first-order valence-electron chi connectivity index (χ1n) is 7.90. The molecule has 1 heterocycles. The minimum Gasteiger partial charge on any atom is -0.276 e. The Hall–Kier alpha value is -2.08. The summed E-state index contributed by atoms with van der Waals surface area (Å²) in [5, 5.41) is 5.40. The number of aryl methyl sites for hydroxylation is 1. The highest BCUT2D eigenvalue weighted by Gasteiger charge is 2.45. The van der Waals surface area contributed by atoms with Crippen LogP contribution in [-0.2, 0) is 9.59 Å². The Morgan fingerprint density at radius 2 is 1.91 bits per heavy atom. The molecule has 1 saturated carbocycles. The molecule has 3 rings (SSSR count). The van der Waals surface area contributed by atoms with E-state index in [1.54, 1.807) is 6.21 Å². The van der Waals surface area contributed by atoms with Crippen molar-refractivity contribution in [1.29, 1.82) is 0 Å². The lowest BCUT2D eigenvalue weighted by atomic mass is 9.94.